The first-order chi connectivity index (χ1) is 15.0. The van der Waals surface area contributed by atoms with Crippen LogP contribution in [0.3, 0.4) is 0 Å². The fourth-order valence-corrected chi connectivity index (χ4v) is 4.16. The third kappa shape index (κ3) is 6.36. The summed E-state index contributed by atoms with van der Waals surface area (Å²) in [4.78, 5) is 15.0. The van der Waals surface area contributed by atoms with Gasteiger partial charge in [-0.25, -0.2) is 4.39 Å². The molecule has 0 aromatic heterocycles. The largest absolute Gasteiger partial charge is 2.00 e. The molecule has 0 spiro atoms. The van der Waals surface area contributed by atoms with Gasteiger partial charge in [0.1, 0.15) is 11.9 Å². The van der Waals surface area contributed by atoms with E-state index in [4.69, 9.17) is 11.0 Å². The van der Waals surface area contributed by atoms with Crippen LogP contribution in [0.5, 0.6) is 0 Å². The van der Waals surface area contributed by atoms with Gasteiger partial charge in [0.2, 0.25) is 0 Å². The molecule has 3 N–H and O–H groups in total. The van der Waals surface area contributed by atoms with Crippen LogP contribution < -0.4 is 16.0 Å². The Morgan fingerprint density at radius 3 is 2.67 bits per heavy atom. The number of amides is 1. The van der Waals surface area contributed by atoms with Crippen molar-refractivity contribution in [1.82, 2.24) is 5.32 Å². The van der Waals surface area contributed by atoms with Crippen molar-refractivity contribution < 1.29 is 40.3 Å². The molecule has 4 rings (SSSR count). The summed E-state index contributed by atoms with van der Waals surface area (Å²) in [5.41, 5.74) is 8.78. The standard InChI is InChI=1S/C25H24FN4O.CH3.U/c26-23-13-17(9-10-19(23)16-27)24-14-18(11-12-30(24)22-7-2-1-3-8-22)25(31)29-21-6-4-5-20(28)15-21;;/h2-3,7-11,13-14,20-21H,4-6,12,15,28H2,(H,29,31);1H3;/q2*-1;+2. The molecular formula is C26H27FN4OU. The predicted octanol–water partition coefficient (Wildman–Crippen LogP) is 4.12. The molecule has 2 aromatic carbocycles. The molecule has 1 amide bonds. The maximum absolute atomic E-state index is 14.4. The molecule has 168 valence electrons. The van der Waals surface area contributed by atoms with Gasteiger partial charge >= 0.3 is 31.1 Å². The Hall–Kier alpha value is -2.38. The van der Waals surface area contributed by atoms with E-state index in [-0.39, 0.29) is 62.1 Å². The van der Waals surface area contributed by atoms with Crippen LogP contribution in [-0.4, -0.2) is 24.5 Å². The molecule has 2 unspecified atom stereocenters. The average molecular weight is 669 g/mol. The monoisotopic (exact) mass is 668 g/mol. The van der Waals surface area contributed by atoms with Crippen molar-refractivity contribution in [2.45, 2.75) is 37.8 Å². The fourth-order valence-electron chi connectivity index (χ4n) is 4.16. The number of nitriles is 1. The first kappa shape index (κ1) is 26.9. The minimum absolute atomic E-state index is 0. The van der Waals surface area contributed by atoms with Crippen molar-refractivity contribution in [1.29, 1.82) is 5.26 Å². The number of rotatable bonds is 4. The fraction of sp³-hybridized carbons (Fsp3) is 0.269. The Labute approximate surface area is 218 Å². The number of hydrogen-bond donors (Lipinski definition) is 2. The molecule has 1 aliphatic carbocycles. The molecule has 2 atom stereocenters. The van der Waals surface area contributed by atoms with Crippen LogP contribution in [-0.2, 0) is 4.79 Å². The molecule has 1 fully saturated rings. The number of anilines is 1. The molecule has 2 aliphatic rings. The van der Waals surface area contributed by atoms with Crippen molar-refractivity contribution in [2.24, 2.45) is 5.73 Å². The number of nitrogens with two attached hydrogens (primary N) is 1. The van der Waals surface area contributed by atoms with Gasteiger partial charge in [0.25, 0.3) is 5.91 Å². The summed E-state index contributed by atoms with van der Waals surface area (Å²) in [7, 11) is 0. The van der Waals surface area contributed by atoms with Crippen LogP contribution in [0.15, 0.2) is 60.2 Å². The molecule has 1 heterocycles. The molecule has 5 nitrogen and oxygen atoms in total. The summed E-state index contributed by atoms with van der Waals surface area (Å²) in [5, 5.41) is 12.2. The molecule has 1 saturated carbocycles. The van der Waals surface area contributed by atoms with Gasteiger partial charge in [-0.05, 0) is 43.9 Å². The van der Waals surface area contributed by atoms with Crippen LogP contribution in [0.1, 0.15) is 36.8 Å². The molecule has 1 aliphatic heterocycles. The summed E-state index contributed by atoms with van der Waals surface area (Å²) in [5.74, 6) is -0.731. The Morgan fingerprint density at radius 1 is 1.24 bits per heavy atom. The van der Waals surface area contributed by atoms with Crippen molar-refractivity contribution >= 4 is 17.3 Å². The van der Waals surface area contributed by atoms with E-state index in [1.165, 1.54) is 12.1 Å². The zero-order chi connectivity index (χ0) is 21.8. The molecular weight excluding hydrogens is 641 g/mol. The van der Waals surface area contributed by atoms with Gasteiger partial charge < -0.3 is 23.4 Å². The van der Waals surface area contributed by atoms with E-state index in [0.717, 1.165) is 31.4 Å². The summed E-state index contributed by atoms with van der Waals surface area (Å²) < 4.78 is 14.4. The van der Waals surface area contributed by atoms with E-state index in [2.05, 4.69) is 11.4 Å². The normalized spacial score (nSPS) is 19.7. The second-order valence-electron chi connectivity index (χ2n) is 7.96. The van der Waals surface area contributed by atoms with Gasteiger partial charge in [0.15, 0.2) is 0 Å². The van der Waals surface area contributed by atoms with Crippen LogP contribution in [0.2, 0.25) is 0 Å². The minimum Gasteiger partial charge on any atom is -0.360 e. The summed E-state index contributed by atoms with van der Waals surface area (Å²) in [6.45, 7) is 0.463. The quantitative estimate of drug-likeness (QED) is 0.481. The van der Waals surface area contributed by atoms with Crippen LogP contribution in [0.4, 0.5) is 10.1 Å². The number of carbonyl (C=O) groups excluding carboxylic acids is 1. The third-order valence-corrected chi connectivity index (χ3v) is 5.79. The molecule has 0 saturated heterocycles. The summed E-state index contributed by atoms with van der Waals surface area (Å²) >= 11 is 0. The Balaban J connectivity index is 0.00000193. The van der Waals surface area contributed by atoms with E-state index in [1.54, 1.807) is 12.1 Å². The number of nitrogens with zero attached hydrogens (tertiary/aromatic N) is 2. The van der Waals surface area contributed by atoms with E-state index in [1.807, 2.05) is 41.3 Å². The topological polar surface area (TPSA) is 82.1 Å². The van der Waals surface area contributed by atoms with Gasteiger partial charge in [-0.3, -0.25) is 4.79 Å². The summed E-state index contributed by atoms with van der Waals surface area (Å²) in [6.07, 6.45) is 7.36. The van der Waals surface area contributed by atoms with Crippen molar-refractivity contribution in [3.63, 3.8) is 0 Å². The number of nitrogens with one attached hydrogen (secondary N) is 1. The van der Waals surface area contributed by atoms with E-state index >= 15 is 0 Å². The van der Waals surface area contributed by atoms with Gasteiger partial charge in [0.05, 0.1) is 5.56 Å². The maximum atomic E-state index is 14.4. The van der Waals surface area contributed by atoms with Crippen molar-refractivity contribution in [3.05, 3.63) is 90.6 Å². The van der Waals surface area contributed by atoms with Crippen LogP contribution >= 0.6 is 0 Å². The Morgan fingerprint density at radius 2 is 2.00 bits per heavy atom. The second kappa shape index (κ2) is 12.2. The van der Waals surface area contributed by atoms with Gasteiger partial charge in [0, 0.05) is 35.5 Å². The van der Waals surface area contributed by atoms with Crippen molar-refractivity contribution in [3.8, 4) is 6.07 Å². The van der Waals surface area contributed by atoms with Gasteiger partial charge in [-0.15, -0.1) is 12.1 Å². The van der Waals surface area contributed by atoms with Crippen molar-refractivity contribution in [2.75, 3.05) is 11.4 Å². The minimum atomic E-state index is -0.584. The third-order valence-electron chi connectivity index (χ3n) is 5.79. The molecule has 33 heavy (non-hydrogen) atoms. The van der Waals surface area contributed by atoms with Gasteiger partial charge in [-0.2, -0.15) is 23.5 Å². The number of benzene rings is 2. The molecule has 2 aromatic rings. The number of hydrogen-bond acceptors (Lipinski definition) is 4. The molecule has 7 heteroatoms. The zero-order valence-electron chi connectivity index (χ0n) is 18.6. The number of halogens is 1. The predicted molar refractivity (Wildman–Crippen MR) is 125 cm³/mol. The summed E-state index contributed by atoms with van der Waals surface area (Å²) in [6, 6.07) is 17.0. The molecule has 0 radical (unpaired) electrons. The molecule has 0 bridgehead atoms. The first-order valence-electron chi connectivity index (χ1n) is 10.5. The Kier molecular flexibility index (Phi) is 9.92. The smallest absolute Gasteiger partial charge is 0.360 e. The Bertz CT molecular complexity index is 1080. The van der Waals surface area contributed by atoms with E-state index in [0.29, 0.717) is 23.4 Å². The average Bonchev–Trinajstić information content (AvgIpc) is 2.79. The van der Waals surface area contributed by atoms with Gasteiger partial charge in [-0.1, -0.05) is 17.8 Å². The van der Waals surface area contributed by atoms with E-state index in [9.17, 15) is 9.18 Å². The van der Waals surface area contributed by atoms with E-state index < -0.39 is 5.82 Å². The zero-order valence-corrected chi connectivity index (χ0v) is 22.8. The maximum Gasteiger partial charge on any atom is 2.00 e. The van der Waals surface area contributed by atoms with Crippen LogP contribution in [0.25, 0.3) is 5.70 Å². The first-order valence-corrected chi connectivity index (χ1v) is 10.5. The van der Waals surface area contributed by atoms with Crippen LogP contribution in [0, 0.1) is 61.8 Å². The second-order valence-corrected chi connectivity index (χ2v) is 7.96. The SMILES string of the molecule is N#Cc1ccc(C2=CC(C(=O)NC3CCCC(N)C3)=CCN2c2cc[c-]cc2)cc1F.[CH3-].[U+2]. The number of carbonyl (C=O) groups is 1.